The molecule has 0 radical (unpaired) electrons. The van der Waals surface area contributed by atoms with Gasteiger partial charge in [0.05, 0.1) is 10.3 Å². The maximum Gasteiger partial charge on any atom is 0.235 e. The fraction of sp³-hybridized carbons (Fsp3) is 0.767. The maximum atomic E-state index is 13.3. The Morgan fingerprint density at radius 3 is 2.28 bits per heavy atom. The molecule has 5 aliphatic carbocycles. The van der Waals surface area contributed by atoms with Gasteiger partial charge in [-0.05, 0) is 91.7 Å². The third-order valence-corrected chi connectivity index (χ3v) is 14.0. The summed E-state index contributed by atoms with van der Waals surface area (Å²) in [6.07, 6.45) is 19.8. The Bertz CT molecular complexity index is 1050. The molecule has 196 valence electrons. The second-order valence-corrected chi connectivity index (χ2v) is 15.2. The predicted octanol–water partition coefficient (Wildman–Crippen LogP) is 4.88. The van der Waals surface area contributed by atoms with Gasteiger partial charge in [0, 0.05) is 30.3 Å². The zero-order valence-corrected chi connectivity index (χ0v) is 23.5. The predicted molar refractivity (Wildman–Crippen MR) is 148 cm³/mol. The number of aliphatic hydroxyl groups excluding tert-OH is 1. The minimum atomic E-state index is -0.740. The lowest BCUT2D eigenvalue weighted by molar-refractivity contribution is -0.545. The number of hydrogen-bond acceptors (Lipinski definition) is 5. The minimum Gasteiger partial charge on any atom is -0.872 e. The molecule has 0 aromatic heterocycles. The van der Waals surface area contributed by atoms with E-state index in [1.807, 2.05) is 35.7 Å². The average molecular weight is 527 g/mol. The molecule has 9 atom stereocenters. The van der Waals surface area contributed by atoms with Gasteiger partial charge in [0.2, 0.25) is 5.04 Å². The van der Waals surface area contributed by atoms with E-state index in [2.05, 4.69) is 23.6 Å². The van der Waals surface area contributed by atoms with E-state index in [1.165, 1.54) is 87.1 Å². The molecular weight excluding hydrogens is 484 g/mol. The van der Waals surface area contributed by atoms with E-state index in [0.717, 1.165) is 23.7 Å². The average Bonchev–Trinajstić information content (AvgIpc) is 3.41. The summed E-state index contributed by atoms with van der Waals surface area (Å²) in [6, 6.07) is 1.21. The maximum absolute atomic E-state index is 13.3. The largest absolute Gasteiger partial charge is 0.872 e. The summed E-state index contributed by atoms with van der Waals surface area (Å²) in [4.78, 5) is 2.47. The zero-order chi connectivity index (χ0) is 24.6. The van der Waals surface area contributed by atoms with Crippen LogP contribution in [0, 0.1) is 23.7 Å². The van der Waals surface area contributed by atoms with Crippen LogP contribution in [0.15, 0.2) is 34.1 Å². The molecule has 36 heavy (non-hydrogen) atoms. The highest BCUT2D eigenvalue weighted by molar-refractivity contribution is 8.14. The summed E-state index contributed by atoms with van der Waals surface area (Å²) in [7, 11) is 4.46. The van der Waals surface area contributed by atoms with E-state index >= 15 is 0 Å². The number of hydrogen-bond donors (Lipinski definition) is 1. The van der Waals surface area contributed by atoms with Crippen LogP contribution in [0.2, 0.25) is 0 Å². The summed E-state index contributed by atoms with van der Waals surface area (Å²) in [5.74, 6) is 3.46. The molecular formula is C30H42N2O2S2. The van der Waals surface area contributed by atoms with E-state index in [9.17, 15) is 10.2 Å². The monoisotopic (exact) mass is 526 g/mol. The molecule has 1 N–H and O–H groups in total. The molecule has 6 heteroatoms. The molecule has 7 aliphatic rings. The highest BCUT2D eigenvalue weighted by Gasteiger charge is 2.51. The van der Waals surface area contributed by atoms with Crippen molar-refractivity contribution in [2.24, 2.45) is 23.7 Å². The molecule has 0 amide bonds. The number of aliphatic hydroxyl groups is 1. The van der Waals surface area contributed by atoms with Gasteiger partial charge in [-0.3, -0.25) is 0 Å². The SMILES string of the molecule is CN1C(=CC2=C([O-])C(=CC3=[N+](C)C4C(CCC5CCCCC54)S3)C2O)SC2CCC3CCCCC3C21. The van der Waals surface area contributed by atoms with Crippen molar-refractivity contribution in [2.75, 3.05) is 14.1 Å². The molecule has 5 fully saturated rings. The highest BCUT2D eigenvalue weighted by atomic mass is 32.2. The van der Waals surface area contributed by atoms with Gasteiger partial charge in [0.15, 0.2) is 6.04 Å². The van der Waals surface area contributed by atoms with Crippen molar-refractivity contribution < 1.29 is 14.8 Å². The summed E-state index contributed by atoms with van der Waals surface area (Å²) < 4.78 is 2.47. The second-order valence-electron chi connectivity index (χ2n) is 12.7. The van der Waals surface area contributed by atoms with Crippen molar-refractivity contribution in [1.29, 1.82) is 0 Å². The molecule has 2 heterocycles. The lowest BCUT2D eigenvalue weighted by Crippen LogP contribution is -2.46. The fourth-order valence-corrected chi connectivity index (χ4v) is 12.3. The van der Waals surface area contributed by atoms with Gasteiger partial charge in [0.25, 0.3) is 0 Å². The summed E-state index contributed by atoms with van der Waals surface area (Å²) in [6.45, 7) is 0. The number of thioether (sulfide) groups is 2. The van der Waals surface area contributed by atoms with Gasteiger partial charge < -0.3 is 15.1 Å². The standard InChI is InChI=1S/C30H42N2O2S2/c1-31-25(35-23-13-11-17-7-3-5-9-19(17)27(23)31)15-21-29(33)22(30(21)34)16-26-32(2)28-20-10-6-4-8-18(20)12-14-24(28)36-26/h15-20,23-24,27-29,33H,3-14H2,1-2H3. The van der Waals surface area contributed by atoms with Gasteiger partial charge in [0.1, 0.15) is 13.2 Å². The van der Waals surface area contributed by atoms with Crippen LogP contribution < -0.4 is 5.11 Å². The third-order valence-electron chi connectivity index (χ3n) is 11.0. The first-order valence-electron chi connectivity index (χ1n) is 14.7. The van der Waals surface area contributed by atoms with E-state index in [-0.39, 0.29) is 5.76 Å². The van der Waals surface area contributed by atoms with Crippen LogP contribution in [0.25, 0.3) is 0 Å². The second kappa shape index (κ2) is 9.41. The van der Waals surface area contributed by atoms with Crippen molar-refractivity contribution in [3.63, 3.8) is 0 Å². The smallest absolute Gasteiger partial charge is 0.235 e. The number of nitrogens with zero attached hydrogens (tertiary/aromatic N) is 2. The van der Waals surface area contributed by atoms with Gasteiger partial charge in [-0.15, -0.1) is 11.8 Å². The first-order chi connectivity index (χ1) is 17.5. The number of rotatable bonds is 2. The normalized spacial score (nSPS) is 46.5. The van der Waals surface area contributed by atoms with Crippen molar-refractivity contribution >= 4 is 28.6 Å². The highest BCUT2D eigenvalue weighted by Crippen LogP contribution is 2.53. The van der Waals surface area contributed by atoms with Gasteiger partial charge in [-0.1, -0.05) is 37.9 Å². The Labute approximate surface area is 225 Å². The molecule has 0 spiro atoms. The third kappa shape index (κ3) is 3.78. The van der Waals surface area contributed by atoms with E-state index in [0.29, 0.717) is 33.7 Å². The summed E-state index contributed by atoms with van der Waals surface area (Å²) in [5.41, 5.74) is 1.20. The molecule has 4 saturated carbocycles. The molecule has 2 aliphatic heterocycles. The van der Waals surface area contributed by atoms with Gasteiger partial charge in [-0.25, -0.2) is 4.58 Å². The summed E-state index contributed by atoms with van der Waals surface area (Å²) in [5, 5.41) is 28.0. The van der Waals surface area contributed by atoms with Crippen LogP contribution >= 0.6 is 23.5 Å². The van der Waals surface area contributed by atoms with Crippen LogP contribution in [0.3, 0.4) is 0 Å². The molecule has 4 nitrogen and oxygen atoms in total. The molecule has 0 bridgehead atoms. The lowest BCUT2D eigenvalue weighted by atomic mass is 9.68. The Hall–Kier alpha value is -0.850. The first-order valence-corrected chi connectivity index (χ1v) is 16.5. The van der Waals surface area contributed by atoms with Crippen molar-refractivity contribution in [3.8, 4) is 0 Å². The van der Waals surface area contributed by atoms with Gasteiger partial charge >= 0.3 is 0 Å². The van der Waals surface area contributed by atoms with Crippen LogP contribution in [0.5, 0.6) is 0 Å². The zero-order valence-electron chi connectivity index (χ0n) is 21.9. The van der Waals surface area contributed by atoms with Crippen LogP contribution in [-0.4, -0.2) is 62.4 Å². The number of fused-ring (bicyclic) bond motifs is 6. The fourth-order valence-electron chi connectivity index (χ4n) is 9.17. The quantitative estimate of drug-likeness (QED) is 0.520. The molecule has 7 rings (SSSR count). The molecule has 9 unspecified atom stereocenters. The lowest BCUT2D eigenvalue weighted by Gasteiger charge is -2.44. The Morgan fingerprint density at radius 2 is 1.53 bits per heavy atom. The Balaban J connectivity index is 1.11. The van der Waals surface area contributed by atoms with Crippen LogP contribution in [-0.2, 0) is 0 Å². The molecule has 1 saturated heterocycles. The van der Waals surface area contributed by atoms with Crippen molar-refractivity contribution in [3.05, 3.63) is 34.1 Å². The molecule has 0 aromatic rings. The van der Waals surface area contributed by atoms with Crippen LogP contribution in [0.1, 0.15) is 77.0 Å². The Kier molecular flexibility index (Phi) is 6.33. The van der Waals surface area contributed by atoms with Crippen LogP contribution in [0.4, 0.5) is 0 Å². The minimum absolute atomic E-state index is 0.0568. The van der Waals surface area contributed by atoms with Gasteiger partial charge in [-0.2, -0.15) is 0 Å². The van der Waals surface area contributed by atoms with E-state index in [1.54, 1.807) is 0 Å². The topological polar surface area (TPSA) is 49.5 Å². The van der Waals surface area contributed by atoms with Crippen molar-refractivity contribution in [2.45, 2.75) is 106 Å². The van der Waals surface area contributed by atoms with E-state index < -0.39 is 6.10 Å². The summed E-state index contributed by atoms with van der Waals surface area (Å²) >= 11 is 3.93. The van der Waals surface area contributed by atoms with E-state index in [4.69, 9.17) is 0 Å². The van der Waals surface area contributed by atoms with Crippen molar-refractivity contribution in [1.82, 2.24) is 4.90 Å². The molecule has 0 aromatic carbocycles. The first kappa shape index (κ1) is 24.2. The Morgan fingerprint density at radius 1 is 0.861 bits per heavy atom.